The second-order valence-corrected chi connectivity index (χ2v) is 8.42. The van der Waals surface area contributed by atoms with Crippen LogP contribution in [-0.2, 0) is 21.2 Å². The molecule has 1 atom stereocenters. The first kappa shape index (κ1) is 20.1. The summed E-state index contributed by atoms with van der Waals surface area (Å²) in [6.07, 6.45) is 0.787. The van der Waals surface area contributed by atoms with Crippen molar-refractivity contribution in [1.29, 1.82) is 0 Å². The van der Waals surface area contributed by atoms with Crippen LogP contribution in [-0.4, -0.2) is 32.7 Å². The number of benzene rings is 2. The van der Waals surface area contributed by atoms with Gasteiger partial charge in [-0.1, -0.05) is 24.3 Å². The summed E-state index contributed by atoms with van der Waals surface area (Å²) in [6.45, 7) is 1.84. The maximum absolute atomic E-state index is 12.9. The van der Waals surface area contributed by atoms with Gasteiger partial charge in [-0.3, -0.25) is 4.79 Å². The minimum absolute atomic E-state index is 0.119. The molecule has 0 aliphatic heterocycles. The van der Waals surface area contributed by atoms with Gasteiger partial charge in [0.2, 0.25) is 15.9 Å². The average molecular weight is 378 g/mol. The van der Waals surface area contributed by atoms with Crippen molar-refractivity contribution >= 4 is 15.9 Å². The number of hydrogen-bond acceptors (Lipinski definition) is 3. The van der Waals surface area contributed by atoms with Crippen molar-refractivity contribution in [2.75, 3.05) is 14.1 Å². The summed E-state index contributed by atoms with van der Waals surface area (Å²) in [5.41, 5.74) is 1.71. The number of carbonyl (C=O) groups is 1. The summed E-state index contributed by atoms with van der Waals surface area (Å²) in [6, 6.07) is 12.3. The zero-order valence-electron chi connectivity index (χ0n) is 15.1. The molecule has 0 saturated heterocycles. The second kappa shape index (κ2) is 8.42. The first-order valence-electron chi connectivity index (χ1n) is 8.26. The molecule has 0 aliphatic rings. The van der Waals surface area contributed by atoms with Crippen LogP contribution < -0.4 is 5.32 Å². The van der Waals surface area contributed by atoms with Gasteiger partial charge in [-0.15, -0.1) is 0 Å². The monoisotopic (exact) mass is 378 g/mol. The summed E-state index contributed by atoms with van der Waals surface area (Å²) >= 11 is 0. The molecule has 0 radical (unpaired) electrons. The summed E-state index contributed by atoms with van der Waals surface area (Å²) in [4.78, 5) is 12.3. The molecule has 0 bridgehead atoms. The highest BCUT2D eigenvalue weighted by molar-refractivity contribution is 7.89. The van der Waals surface area contributed by atoms with E-state index in [1.54, 1.807) is 36.4 Å². The van der Waals surface area contributed by atoms with Crippen LogP contribution >= 0.6 is 0 Å². The highest BCUT2D eigenvalue weighted by atomic mass is 32.2. The van der Waals surface area contributed by atoms with Crippen molar-refractivity contribution in [3.05, 3.63) is 65.5 Å². The van der Waals surface area contributed by atoms with E-state index in [4.69, 9.17) is 0 Å². The molecule has 0 heterocycles. The van der Waals surface area contributed by atoms with Crippen molar-refractivity contribution in [3.63, 3.8) is 0 Å². The van der Waals surface area contributed by atoms with Crippen LogP contribution in [0, 0.1) is 5.82 Å². The molecule has 0 aromatic heterocycles. The third-order valence-electron chi connectivity index (χ3n) is 4.09. The minimum Gasteiger partial charge on any atom is -0.350 e. The number of carbonyl (C=O) groups excluding carboxylic acids is 1. The van der Waals surface area contributed by atoms with Crippen molar-refractivity contribution in [2.45, 2.75) is 30.7 Å². The van der Waals surface area contributed by atoms with Gasteiger partial charge in [0, 0.05) is 20.5 Å². The van der Waals surface area contributed by atoms with E-state index in [0.717, 1.165) is 15.4 Å². The van der Waals surface area contributed by atoms with E-state index in [1.807, 2.05) is 6.92 Å². The van der Waals surface area contributed by atoms with E-state index in [1.165, 1.54) is 26.2 Å². The van der Waals surface area contributed by atoms with Gasteiger partial charge in [-0.05, 0) is 48.7 Å². The molecule has 2 aromatic rings. The van der Waals surface area contributed by atoms with Crippen molar-refractivity contribution in [2.24, 2.45) is 0 Å². The van der Waals surface area contributed by atoms with Gasteiger partial charge in [0.15, 0.2) is 0 Å². The van der Waals surface area contributed by atoms with E-state index in [0.29, 0.717) is 6.42 Å². The Morgan fingerprint density at radius 1 is 1.08 bits per heavy atom. The number of rotatable bonds is 7. The lowest BCUT2D eigenvalue weighted by Crippen LogP contribution is -2.26. The molecule has 0 saturated carbocycles. The van der Waals surface area contributed by atoms with E-state index in [9.17, 15) is 17.6 Å². The molecule has 140 valence electrons. The Morgan fingerprint density at radius 3 is 2.19 bits per heavy atom. The van der Waals surface area contributed by atoms with Gasteiger partial charge < -0.3 is 5.32 Å². The molecule has 0 unspecified atom stereocenters. The molecule has 1 amide bonds. The number of amides is 1. The van der Waals surface area contributed by atoms with Crippen LogP contribution in [0.4, 0.5) is 4.39 Å². The Balaban J connectivity index is 1.90. The zero-order valence-corrected chi connectivity index (χ0v) is 15.9. The summed E-state index contributed by atoms with van der Waals surface area (Å²) in [5.74, 6) is -0.432. The smallest absolute Gasteiger partial charge is 0.242 e. The molecular formula is C19H23FN2O3S. The summed E-state index contributed by atoms with van der Waals surface area (Å²) < 4.78 is 38.1. The quantitative estimate of drug-likeness (QED) is 0.806. The van der Waals surface area contributed by atoms with Crippen LogP contribution in [0.15, 0.2) is 53.4 Å². The Morgan fingerprint density at radius 2 is 1.65 bits per heavy atom. The molecule has 2 aromatic carbocycles. The van der Waals surface area contributed by atoms with Crippen LogP contribution in [0.1, 0.15) is 30.5 Å². The topological polar surface area (TPSA) is 66.5 Å². The van der Waals surface area contributed by atoms with Gasteiger partial charge in [-0.2, -0.15) is 0 Å². The normalized spacial score (nSPS) is 12.8. The molecule has 1 N–H and O–H groups in total. The van der Waals surface area contributed by atoms with Crippen molar-refractivity contribution in [1.82, 2.24) is 9.62 Å². The number of halogens is 1. The summed E-state index contributed by atoms with van der Waals surface area (Å²) in [5, 5.41) is 2.87. The molecular weight excluding hydrogens is 355 g/mol. The number of sulfonamides is 1. The first-order chi connectivity index (χ1) is 12.2. The predicted octanol–water partition coefficient (Wildman–Crippen LogP) is 2.89. The fourth-order valence-electron chi connectivity index (χ4n) is 2.45. The fourth-order valence-corrected chi connectivity index (χ4v) is 3.35. The Labute approximate surface area is 153 Å². The summed E-state index contributed by atoms with van der Waals surface area (Å²) in [7, 11) is -0.483. The number of nitrogens with zero attached hydrogens (tertiary/aromatic N) is 1. The lowest BCUT2D eigenvalue weighted by Gasteiger charge is -2.14. The maximum Gasteiger partial charge on any atom is 0.242 e. The van der Waals surface area contributed by atoms with Gasteiger partial charge in [0.05, 0.1) is 10.9 Å². The molecule has 5 nitrogen and oxygen atoms in total. The number of hydrogen-bond donors (Lipinski definition) is 1. The van der Waals surface area contributed by atoms with Crippen LogP contribution in [0.3, 0.4) is 0 Å². The Hall–Kier alpha value is -2.25. The Kier molecular flexibility index (Phi) is 6.50. The molecule has 26 heavy (non-hydrogen) atoms. The average Bonchev–Trinajstić information content (AvgIpc) is 2.60. The lowest BCUT2D eigenvalue weighted by molar-refractivity contribution is -0.121. The SMILES string of the molecule is C[C@@H](NC(=O)CCc1ccc(S(=O)(=O)N(C)C)cc1)c1ccc(F)cc1. The number of aryl methyl sites for hydroxylation is 1. The highest BCUT2D eigenvalue weighted by Crippen LogP contribution is 2.16. The highest BCUT2D eigenvalue weighted by Gasteiger charge is 2.16. The second-order valence-electron chi connectivity index (χ2n) is 6.27. The van der Waals surface area contributed by atoms with Crippen LogP contribution in [0.5, 0.6) is 0 Å². The third kappa shape index (κ3) is 5.12. The van der Waals surface area contributed by atoms with Crippen LogP contribution in [0.2, 0.25) is 0 Å². The van der Waals surface area contributed by atoms with E-state index >= 15 is 0 Å². The predicted molar refractivity (Wildman–Crippen MR) is 98.6 cm³/mol. The largest absolute Gasteiger partial charge is 0.350 e. The molecule has 2 rings (SSSR count). The Bertz CT molecular complexity index is 847. The van der Waals surface area contributed by atoms with Gasteiger partial charge in [0.25, 0.3) is 0 Å². The zero-order chi connectivity index (χ0) is 19.3. The van der Waals surface area contributed by atoms with E-state index in [-0.39, 0.29) is 29.1 Å². The third-order valence-corrected chi connectivity index (χ3v) is 5.92. The fraction of sp³-hybridized carbons (Fsp3) is 0.316. The van der Waals surface area contributed by atoms with Crippen molar-refractivity contribution < 1.29 is 17.6 Å². The standard InChI is InChI=1S/C19H23FN2O3S/c1-14(16-7-9-17(20)10-8-16)21-19(23)13-6-15-4-11-18(12-5-15)26(24,25)22(2)3/h4-5,7-12,14H,6,13H2,1-3H3,(H,21,23)/t14-/m1/s1. The van der Waals surface area contributed by atoms with Crippen molar-refractivity contribution in [3.8, 4) is 0 Å². The molecule has 0 fully saturated rings. The van der Waals surface area contributed by atoms with E-state index < -0.39 is 10.0 Å². The molecule has 7 heteroatoms. The minimum atomic E-state index is -3.45. The van der Waals surface area contributed by atoms with Gasteiger partial charge in [0.1, 0.15) is 5.82 Å². The van der Waals surface area contributed by atoms with E-state index in [2.05, 4.69) is 5.32 Å². The molecule has 0 aliphatic carbocycles. The van der Waals surface area contributed by atoms with Gasteiger partial charge >= 0.3 is 0 Å². The maximum atomic E-state index is 12.9. The van der Waals surface area contributed by atoms with Gasteiger partial charge in [-0.25, -0.2) is 17.1 Å². The first-order valence-corrected chi connectivity index (χ1v) is 9.70. The molecule has 0 spiro atoms. The number of nitrogens with one attached hydrogen (secondary N) is 1. The lowest BCUT2D eigenvalue weighted by atomic mass is 10.1. The van der Waals surface area contributed by atoms with Crippen LogP contribution in [0.25, 0.3) is 0 Å².